The third-order valence-corrected chi connectivity index (χ3v) is 4.79. The normalized spacial score (nSPS) is 23.2. The van der Waals surface area contributed by atoms with Crippen molar-refractivity contribution in [2.45, 2.75) is 25.4 Å². The molecule has 0 aliphatic carbocycles. The van der Waals surface area contributed by atoms with Gasteiger partial charge in [-0.2, -0.15) is 4.98 Å². The van der Waals surface area contributed by atoms with Gasteiger partial charge < -0.3 is 15.0 Å². The van der Waals surface area contributed by atoms with Crippen LogP contribution in [0.15, 0.2) is 11.4 Å². The standard InChI is InChI=1S/C14H20N4OS/c1-14(19-3)6-4-7-18(9-14)11-10-5-8-20-12(10)17-13(15-2)16-11/h5,8H,4,6-7,9H2,1-3H3,(H,15,16,17). The molecular formula is C14H20N4OS. The summed E-state index contributed by atoms with van der Waals surface area (Å²) in [5, 5.41) is 6.25. The van der Waals surface area contributed by atoms with Gasteiger partial charge in [-0.05, 0) is 31.2 Å². The van der Waals surface area contributed by atoms with Crippen LogP contribution in [0.4, 0.5) is 11.8 Å². The zero-order valence-corrected chi connectivity index (χ0v) is 13.0. The van der Waals surface area contributed by atoms with Gasteiger partial charge in [-0.3, -0.25) is 0 Å². The molecule has 1 fully saturated rings. The fourth-order valence-corrected chi connectivity index (χ4v) is 3.50. The second-order valence-corrected chi connectivity index (χ2v) is 6.33. The van der Waals surface area contributed by atoms with Crippen LogP contribution in [0.2, 0.25) is 0 Å². The van der Waals surface area contributed by atoms with Crippen LogP contribution in [-0.4, -0.2) is 42.8 Å². The maximum atomic E-state index is 5.68. The molecule has 6 heteroatoms. The van der Waals surface area contributed by atoms with Crippen LogP contribution in [0, 0.1) is 0 Å². The number of nitrogens with zero attached hydrogens (tertiary/aromatic N) is 3. The Kier molecular flexibility index (Phi) is 3.52. The van der Waals surface area contributed by atoms with Gasteiger partial charge in [-0.25, -0.2) is 4.98 Å². The Balaban J connectivity index is 2.02. The first-order valence-electron chi connectivity index (χ1n) is 6.88. The highest BCUT2D eigenvalue weighted by Gasteiger charge is 2.32. The Labute approximate surface area is 123 Å². The van der Waals surface area contributed by atoms with E-state index in [-0.39, 0.29) is 5.60 Å². The maximum Gasteiger partial charge on any atom is 0.225 e. The Morgan fingerprint density at radius 2 is 2.30 bits per heavy atom. The molecule has 0 amide bonds. The van der Waals surface area contributed by atoms with E-state index >= 15 is 0 Å². The minimum absolute atomic E-state index is 0.0919. The lowest BCUT2D eigenvalue weighted by Gasteiger charge is -2.40. The first-order chi connectivity index (χ1) is 9.65. The van der Waals surface area contributed by atoms with Gasteiger partial charge in [0.2, 0.25) is 5.95 Å². The summed E-state index contributed by atoms with van der Waals surface area (Å²) in [6, 6.07) is 2.10. The SMILES string of the molecule is CNc1nc(N2CCCC(C)(OC)C2)c2ccsc2n1. The summed E-state index contributed by atoms with van der Waals surface area (Å²) in [5.41, 5.74) is -0.0919. The summed E-state index contributed by atoms with van der Waals surface area (Å²) in [6.07, 6.45) is 2.21. The van der Waals surface area contributed by atoms with Crippen molar-refractivity contribution in [3.63, 3.8) is 0 Å². The predicted molar refractivity (Wildman–Crippen MR) is 83.8 cm³/mol. The van der Waals surface area contributed by atoms with E-state index in [4.69, 9.17) is 4.74 Å². The number of fused-ring (bicyclic) bond motifs is 1. The van der Waals surface area contributed by atoms with Crippen LogP contribution in [0.25, 0.3) is 10.2 Å². The van der Waals surface area contributed by atoms with Gasteiger partial charge in [-0.15, -0.1) is 11.3 Å². The molecule has 20 heavy (non-hydrogen) atoms. The zero-order valence-electron chi connectivity index (χ0n) is 12.1. The number of piperidine rings is 1. The third-order valence-electron chi connectivity index (χ3n) is 3.98. The summed E-state index contributed by atoms with van der Waals surface area (Å²) < 4.78 is 5.68. The summed E-state index contributed by atoms with van der Waals surface area (Å²) in [6.45, 7) is 4.06. The second-order valence-electron chi connectivity index (χ2n) is 5.44. The summed E-state index contributed by atoms with van der Waals surface area (Å²) in [7, 11) is 3.65. The van der Waals surface area contributed by atoms with Crippen molar-refractivity contribution >= 4 is 33.3 Å². The lowest BCUT2D eigenvalue weighted by atomic mass is 9.94. The quantitative estimate of drug-likeness (QED) is 0.942. The fourth-order valence-electron chi connectivity index (χ4n) is 2.75. The Morgan fingerprint density at radius 1 is 1.45 bits per heavy atom. The predicted octanol–water partition coefficient (Wildman–Crippen LogP) is 2.74. The van der Waals surface area contributed by atoms with Gasteiger partial charge >= 0.3 is 0 Å². The Morgan fingerprint density at radius 3 is 3.05 bits per heavy atom. The Hall–Kier alpha value is -1.40. The molecule has 108 valence electrons. The van der Waals surface area contributed by atoms with Crippen LogP contribution in [0.1, 0.15) is 19.8 Å². The number of hydrogen-bond acceptors (Lipinski definition) is 6. The highest BCUT2D eigenvalue weighted by molar-refractivity contribution is 7.16. The van der Waals surface area contributed by atoms with Gasteiger partial charge in [0.05, 0.1) is 11.0 Å². The monoisotopic (exact) mass is 292 g/mol. The lowest BCUT2D eigenvalue weighted by molar-refractivity contribution is -0.00475. The van der Waals surface area contributed by atoms with Crippen LogP contribution in [0.5, 0.6) is 0 Å². The molecule has 1 saturated heterocycles. The molecular weight excluding hydrogens is 272 g/mol. The number of anilines is 2. The molecule has 0 aromatic carbocycles. The first-order valence-corrected chi connectivity index (χ1v) is 7.76. The molecule has 0 saturated carbocycles. The number of rotatable bonds is 3. The highest BCUT2D eigenvalue weighted by Crippen LogP contribution is 2.33. The van der Waals surface area contributed by atoms with E-state index in [1.807, 2.05) is 7.05 Å². The number of ether oxygens (including phenoxy) is 1. The van der Waals surface area contributed by atoms with E-state index in [1.165, 1.54) is 0 Å². The van der Waals surface area contributed by atoms with Gasteiger partial charge in [-0.1, -0.05) is 0 Å². The van der Waals surface area contributed by atoms with E-state index in [0.717, 1.165) is 42.0 Å². The van der Waals surface area contributed by atoms with Crippen LogP contribution in [0.3, 0.4) is 0 Å². The topological polar surface area (TPSA) is 50.3 Å². The van der Waals surface area contributed by atoms with Gasteiger partial charge in [0, 0.05) is 27.2 Å². The molecule has 1 atom stereocenters. The van der Waals surface area contributed by atoms with Crippen molar-refractivity contribution in [3.05, 3.63) is 11.4 Å². The third kappa shape index (κ3) is 2.33. The van der Waals surface area contributed by atoms with Crippen molar-refractivity contribution in [1.29, 1.82) is 0 Å². The molecule has 1 unspecified atom stereocenters. The lowest BCUT2D eigenvalue weighted by Crippen LogP contribution is -2.47. The molecule has 2 aromatic rings. The summed E-state index contributed by atoms with van der Waals surface area (Å²) in [4.78, 5) is 12.5. The van der Waals surface area contributed by atoms with Crippen LogP contribution < -0.4 is 10.2 Å². The van der Waals surface area contributed by atoms with Crippen molar-refractivity contribution < 1.29 is 4.74 Å². The highest BCUT2D eigenvalue weighted by atomic mass is 32.1. The van der Waals surface area contributed by atoms with E-state index in [9.17, 15) is 0 Å². The van der Waals surface area contributed by atoms with Crippen LogP contribution >= 0.6 is 11.3 Å². The fraction of sp³-hybridized carbons (Fsp3) is 0.571. The number of methoxy groups -OCH3 is 1. The van der Waals surface area contributed by atoms with Gasteiger partial charge in [0.15, 0.2) is 0 Å². The minimum atomic E-state index is -0.0919. The maximum absolute atomic E-state index is 5.68. The molecule has 2 aromatic heterocycles. The van der Waals surface area contributed by atoms with Crippen molar-refractivity contribution in [2.24, 2.45) is 0 Å². The largest absolute Gasteiger partial charge is 0.377 e. The molecule has 1 aliphatic heterocycles. The van der Waals surface area contributed by atoms with Gasteiger partial charge in [0.1, 0.15) is 10.6 Å². The molecule has 1 aliphatic rings. The zero-order chi connectivity index (χ0) is 14.2. The van der Waals surface area contributed by atoms with Crippen molar-refractivity contribution in [2.75, 3.05) is 37.5 Å². The van der Waals surface area contributed by atoms with Crippen LogP contribution in [-0.2, 0) is 4.74 Å². The smallest absolute Gasteiger partial charge is 0.225 e. The van der Waals surface area contributed by atoms with Gasteiger partial charge in [0.25, 0.3) is 0 Å². The number of nitrogens with one attached hydrogen (secondary N) is 1. The summed E-state index contributed by atoms with van der Waals surface area (Å²) >= 11 is 1.65. The molecule has 1 N–H and O–H groups in total. The number of thiophene rings is 1. The molecule has 0 spiro atoms. The average Bonchev–Trinajstić information content (AvgIpc) is 2.94. The number of aromatic nitrogens is 2. The minimum Gasteiger partial charge on any atom is -0.377 e. The number of hydrogen-bond donors (Lipinski definition) is 1. The van der Waals surface area contributed by atoms with E-state index < -0.39 is 0 Å². The average molecular weight is 292 g/mol. The Bertz CT molecular complexity index is 614. The van der Waals surface area contributed by atoms with E-state index in [1.54, 1.807) is 18.4 Å². The van der Waals surface area contributed by atoms with E-state index in [0.29, 0.717) is 5.95 Å². The van der Waals surface area contributed by atoms with Crippen molar-refractivity contribution in [3.8, 4) is 0 Å². The van der Waals surface area contributed by atoms with E-state index in [2.05, 4.69) is 38.6 Å². The molecule has 5 nitrogen and oxygen atoms in total. The first kappa shape index (κ1) is 13.6. The molecule has 0 radical (unpaired) electrons. The second kappa shape index (κ2) is 5.18. The molecule has 3 rings (SSSR count). The summed E-state index contributed by atoms with van der Waals surface area (Å²) in [5.74, 6) is 1.70. The molecule has 0 bridgehead atoms. The van der Waals surface area contributed by atoms with Crippen molar-refractivity contribution in [1.82, 2.24) is 9.97 Å². The molecule has 3 heterocycles.